The topological polar surface area (TPSA) is 106 Å². The van der Waals surface area contributed by atoms with Crippen molar-refractivity contribution in [3.8, 4) is 0 Å². The Labute approximate surface area is 48.3 Å². The first kappa shape index (κ1) is 15.7. The fourth-order valence-corrected chi connectivity index (χ4v) is 0. The van der Waals surface area contributed by atoms with Gasteiger partial charge in [-0.2, -0.15) is 0 Å². The molecule has 0 spiro atoms. The Hall–Kier alpha value is -0.610. The Morgan fingerprint density at radius 3 is 1.50 bits per heavy atom. The van der Waals surface area contributed by atoms with Gasteiger partial charge in [0.05, 0.1) is 0 Å². The van der Waals surface area contributed by atoms with E-state index in [2.05, 4.69) is 0 Å². The van der Waals surface area contributed by atoms with Crippen molar-refractivity contribution in [1.29, 1.82) is 0 Å². The maximum atomic E-state index is 9.92. The van der Waals surface area contributed by atoms with Crippen molar-refractivity contribution >= 4 is 5.91 Å². The summed E-state index contributed by atoms with van der Waals surface area (Å²) >= 11 is 0. The van der Waals surface area contributed by atoms with Crippen molar-refractivity contribution in [2.75, 3.05) is 0 Å². The van der Waals surface area contributed by atoms with Crippen LogP contribution in [0.25, 0.3) is 0 Å². The number of amides is 1. The minimum atomic E-state index is -0.241. The summed E-state index contributed by atoms with van der Waals surface area (Å²) in [6.45, 7) is 3.53. The van der Waals surface area contributed by atoms with Crippen molar-refractivity contribution in [1.82, 2.24) is 0 Å². The van der Waals surface area contributed by atoms with Gasteiger partial charge in [0.15, 0.2) is 0 Å². The van der Waals surface area contributed by atoms with Crippen LogP contribution in [0.15, 0.2) is 0 Å². The Bertz CT molecular complexity index is 62.3. The molecule has 6 N–H and O–H groups in total. The van der Waals surface area contributed by atoms with Gasteiger partial charge in [-0.1, -0.05) is 13.8 Å². The fourth-order valence-electron chi connectivity index (χ4n) is 0. The predicted octanol–water partition coefficient (Wildman–Crippen LogP) is -1.52. The molecular weight excluding hydrogens is 110 g/mol. The zero-order chi connectivity index (χ0) is 5.15. The van der Waals surface area contributed by atoms with E-state index in [1.54, 1.807) is 13.8 Å². The minimum absolute atomic E-state index is 0. The number of carbonyl (C=O) groups is 1. The highest BCUT2D eigenvalue weighted by Crippen LogP contribution is 1.84. The van der Waals surface area contributed by atoms with Crippen LogP contribution in [0, 0.1) is 5.92 Å². The van der Waals surface area contributed by atoms with Gasteiger partial charge < -0.3 is 16.7 Å². The van der Waals surface area contributed by atoms with Crippen LogP contribution in [0.1, 0.15) is 13.8 Å². The summed E-state index contributed by atoms with van der Waals surface area (Å²) in [6.07, 6.45) is 0. The lowest BCUT2D eigenvalue weighted by atomic mass is 10.2. The van der Waals surface area contributed by atoms with E-state index in [4.69, 9.17) is 5.73 Å². The van der Waals surface area contributed by atoms with Gasteiger partial charge in [-0.3, -0.25) is 4.79 Å². The Morgan fingerprint density at radius 2 is 1.50 bits per heavy atom. The Kier molecular flexibility index (Phi) is 12.5. The maximum Gasteiger partial charge on any atom is 0.219 e. The fraction of sp³-hybridized carbons (Fsp3) is 0.750. The molecule has 0 saturated carbocycles. The molecule has 0 radical (unpaired) electrons. The molecule has 0 aromatic rings. The van der Waals surface area contributed by atoms with E-state index >= 15 is 0 Å². The van der Waals surface area contributed by atoms with Crippen molar-refractivity contribution in [3.63, 3.8) is 0 Å². The highest BCUT2D eigenvalue weighted by atomic mass is 16.1. The zero-order valence-corrected chi connectivity index (χ0v) is 5.06. The van der Waals surface area contributed by atoms with Crippen LogP contribution in [-0.4, -0.2) is 16.9 Å². The number of hydrogen-bond acceptors (Lipinski definition) is 1. The van der Waals surface area contributed by atoms with E-state index in [0.29, 0.717) is 0 Å². The Balaban J connectivity index is -0.000000125. The lowest BCUT2D eigenvalue weighted by Crippen LogP contribution is -2.17. The summed E-state index contributed by atoms with van der Waals surface area (Å²) in [6, 6.07) is 0. The average molecular weight is 123 g/mol. The van der Waals surface area contributed by atoms with Crippen LogP contribution in [0.4, 0.5) is 0 Å². The highest BCUT2D eigenvalue weighted by Gasteiger charge is 1.96. The molecule has 4 nitrogen and oxygen atoms in total. The molecule has 0 rings (SSSR count). The van der Waals surface area contributed by atoms with Gasteiger partial charge in [-0.25, -0.2) is 0 Å². The molecule has 52 valence electrons. The summed E-state index contributed by atoms with van der Waals surface area (Å²) in [7, 11) is 0. The summed E-state index contributed by atoms with van der Waals surface area (Å²) in [5.74, 6) is -0.250. The molecule has 0 heterocycles. The number of nitrogens with two attached hydrogens (primary N) is 1. The van der Waals surface area contributed by atoms with E-state index in [1.165, 1.54) is 0 Å². The third kappa shape index (κ3) is 9.04. The maximum absolute atomic E-state index is 9.92. The molecule has 0 atom stereocenters. The van der Waals surface area contributed by atoms with E-state index in [-0.39, 0.29) is 22.8 Å². The first-order valence-corrected chi connectivity index (χ1v) is 1.94. The molecule has 0 saturated heterocycles. The first-order valence-electron chi connectivity index (χ1n) is 1.94. The second-order valence-electron chi connectivity index (χ2n) is 1.56. The normalized spacial score (nSPS) is 6.88. The lowest BCUT2D eigenvalue weighted by molar-refractivity contribution is -0.120. The predicted molar refractivity (Wildman–Crippen MR) is 31.3 cm³/mol. The van der Waals surface area contributed by atoms with Crippen LogP contribution in [0.3, 0.4) is 0 Å². The first-order chi connectivity index (χ1) is 2.64. The number of rotatable bonds is 1. The molecule has 0 aliphatic heterocycles. The number of primary amides is 1. The summed E-state index contributed by atoms with van der Waals surface area (Å²) in [5, 5.41) is 0. The van der Waals surface area contributed by atoms with Crippen molar-refractivity contribution < 1.29 is 15.7 Å². The lowest BCUT2D eigenvalue weighted by Gasteiger charge is -1.90. The second-order valence-corrected chi connectivity index (χ2v) is 1.56. The minimum Gasteiger partial charge on any atom is -0.412 e. The zero-order valence-electron chi connectivity index (χ0n) is 5.06. The number of carbonyl (C=O) groups excluding carboxylic acids is 1. The molecule has 8 heavy (non-hydrogen) atoms. The van der Waals surface area contributed by atoms with Crippen molar-refractivity contribution in [2.24, 2.45) is 11.7 Å². The van der Waals surface area contributed by atoms with E-state index in [1.807, 2.05) is 0 Å². The SMILES string of the molecule is CC(C)C(N)=O.O.O. The third-order valence-corrected chi connectivity index (χ3v) is 0.569. The largest absolute Gasteiger partial charge is 0.412 e. The summed E-state index contributed by atoms with van der Waals surface area (Å²) < 4.78 is 0. The molecule has 4 heteroatoms. The smallest absolute Gasteiger partial charge is 0.219 e. The number of hydrogen-bond donors (Lipinski definition) is 1. The van der Waals surface area contributed by atoms with Crippen LogP contribution in [0.2, 0.25) is 0 Å². The summed E-state index contributed by atoms with van der Waals surface area (Å²) in [4.78, 5) is 9.92. The van der Waals surface area contributed by atoms with Gasteiger partial charge in [0.25, 0.3) is 0 Å². The molecule has 0 aliphatic rings. The quantitative estimate of drug-likeness (QED) is 0.449. The monoisotopic (exact) mass is 123 g/mol. The van der Waals surface area contributed by atoms with Gasteiger partial charge in [-0.15, -0.1) is 0 Å². The van der Waals surface area contributed by atoms with Gasteiger partial charge in [0, 0.05) is 5.92 Å². The van der Waals surface area contributed by atoms with E-state index < -0.39 is 0 Å². The standard InChI is InChI=1S/C4H9NO.2H2O/c1-3(2)4(5)6;;/h3H,1-2H3,(H2,5,6);2*1H2. The van der Waals surface area contributed by atoms with E-state index in [0.717, 1.165) is 0 Å². The highest BCUT2D eigenvalue weighted by molar-refractivity contribution is 5.75. The van der Waals surface area contributed by atoms with Crippen molar-refractivity contribution in [2.45, 2.75) is 13.8 Å². The third-order valence-electron chi connectivity index (χ3n) is 0.569. The van der Waals surface area contributed by atoms with Gasteiger partial charge in [0.2, 0.25) is 5.91 Å². The van der Waals surface area contributed by atoms with Gasteiger partial charge >= 0.3 is 0 Å². The molecule has 0 aromatic carbocycles. The second kappa shape index (κ2) is 6.39. The summed E-state index contributed by atoms with van der Waals surface area (Å²) in [5.41, 5.74) is 4.80. The van der Waals surface area contributed by atoms with Crippen LogP contribution >= 0.6 is 0 Å². The van der Waals surface area contributed by atoms with Crippen LogP contribution < -0.4 is 5.73 Å². The molecule has 0 unspecified atom stereocenters. The van der Waals surface area contributed by atoms with E-state index in [9.17, 15) is 4.79 Å². The molecule has 0 aliphatic carbocycles. The van der Waals surface area contributed by atoms with Crippen molar-refractivity contribution in [3.05, 3.63) is 0 Å². The molecule has 0 fully saturated rings. The molecule has 0 aromatic heterocycles. The van der Waals surface area contributed by atoms with Gasteiger partial charge in [0.1, 0.15) is 0 Å². The van der Waals surface area contributed by atoms with Gasteiger partial charge in [-0.05, 0) is 0 Å². The molecule has 1 amide bonds. The van der Waals surface area contributed by atoms with Crippen LogP contribution in [-0.2, 0) is 4.79 Å². The molecule has 0 bridgehead atoms. The average Bonchev–Trinajstić information content (AvgIpc) is 1.36. The van der Waals surface area contributed by atoms with Crippen LogP contribution in [0.5, 0.6) is 0 Å². The Morgan fingerprint density at radius 1 is 1.38 bits per heavy atom. The molecular formula is C4H13NO3.